The highest BCUT2D eigenvalue weighted by Gasteiger charge is 2.20. The number of esters is 1. The number of aromatic nitrogens is 1. The van der Waals surface area contributed by atoms with Crippen LogP contribution in [0.25, 0.3) is 0 Å². The minimum absolute atomic E-state index is 0.293. The molecule has 0 radical (unpaired) electrons. The number of hydrogen-bond donors (Lipinski definition) is 0. The second-order valence-electron chi connectivity index (χ2n) is 4.90. The van der Waals surface area contributed by atoms with Crippen molar-refractivity contribution in [3.8, 4) is 0 Å². The van der Waals surface area contributed by atoms with Crippen LogP contribution in [-0.2, 0) is 4.74 Å². The van der Waals surface area contributed by atoms with Crippen LogP contribution >= 0.6 is 11.3 Å². The van der Waals surface area contributed by atoms with E-state index in [0.717, 1.165) is 23.8 Å². The predicted octanol–water partition coefficient (Wildman–Crippen LogP) is 3.64. The molecule has 0 aliphatic heterocycles. The third kappa shape index (κ3) is 4.20. The summed E-state index contributed by atoms with van der Waals surface area (Å²) in [6.45, 7) is 9.35. The molecule has 0 saturated heterocycles. The number of unbranched alkanes of at least 4 members (excludes halogenated alkanes) is 2. The molecule has 0 bridgehead atoms. The number of carbonyl (C=O) groups excluding carboxylic acids is 1. The molecule has 0 amide bonds. The average molecular weight is 284 g/mol. The monoisotopic (exact) mass is 284 g/mol. The smallest absolute Gasteiger partial charge is 0.350 e. The van der Waals surface area contributed by atoms with Crippen LogP contribution in [0.3, 0.4) is 0 Å². The van der Waals surface area contributed by atoms with Gasteiger partial charge in [-0.1, -0.05) is 31.1 Å². The van der Waals surface area contributed by atoms with Crippen LogP contribution in [0.1, 0.15) is 55.4 Å². The highest BCUT2D eigenvalue weighted by molar-refractivity contribution is 7.17. The van der Waals surface area contributed by atoms with Crippen LogP contribution in [0.4, 0.5) is 5.13 Å². The molecule has 0 spiro atoms. The number of hydrogen-bond acceptors (Lipinski definition) is 5. The third-order valence-corrected chi connectivity index (χ3v) is 4.20. The zero-order chi connectivity index (χ0) is 14.4. The lowest BCUT2D eigenvalue weighted by Gasteiger charge is -2.26. The van der Waals surface area contributed by atoms with Gasteiger partial charge < -0.3 is 9.64 Å². The van der Waals surface area contributed by atoms with Gasteiger partial charge in [0.05, 0.1) is 12.8 Å². The van der Waals surface area contributed by atoms with Gasteiger partial charge in [-0.15, -0.1) is 0 Å². The number of carbonyl (C=O) groups is 1. The highest BCUT2D eigenvalue weighted by atomic mass is 32.1. The number of rotatable bonds is 7. The lowest BCUT2D eigenvalue weighted by Crippen LogP contribution is -2.31. The van der Waals surface area contributed by atoms with E-state index in [2.05, 4.69) is 30.7 Å². The van der Waals surface area contributed by atoms with E-state index in [1.807, 2.05) is 6.92 Å². The number of methoxy groups -OCH3 is 1. The topological polar surface area (TPSA) is 42.4 Å². The fourth-order valence-corrected chi connectivity index (χ4v) is 3.04. The highest BCUT2D eigenvalue weighted by Crippen LogP contribution is 2.28. The van der Waals surface area contributed by atoms with E-state index in [0.29, 0.717) is 10.9 Å². The van der Waals surface area contributed by atoms with Gasteiger partial charge in [0.2, 0.25) is 0 Å². The molecule has 1 aromatic heterocycles. The molecule has 0 aliphatic rings. The van der Waals surface area contributed by atoms with E-state index in [9.17, 15) is 4.79 Å². The van der Waals surface area contributed by atoms with Crippen molar-refractivity contribution < 1.29 is 9.53 Å². The quantitative estimate of drug-likeness (QED) is 0.566. The van der Waals surface area contributed by atoms with Crippen LogP contribution in [0, 0.1) is 6.92 Å². The van der Waals surface area contributed by atoms with Gasteiger partial charge in [0, 0.05) is 12.6 Å². The summed E-state index contributed by atoms with van der Waals surface area (Å²) in [5.74, 6) is -0.293. The first kappa shape index (κ1) is 16.0. The van der Waals surface area contributed by atoms with E-state index in [-0.39, 0.29) is 5.97 Å². The number of aryl methyl sites for hydroxylation is 1. The second kappa shape index (κ2) is 7.48. The molecular formula is C14H24N2O2S. The van der Waals surface area contributed by atoms with Crippen molar-refractivity contribution in [2.75, 3.05) is 18.6 Å². The van der Waals surface area contributed by atoms with E-state index < -0.39 is 0 Å². The fourth-order valence-electron chi connectivity index (χ4n) is 1.89. The van der Waals surface area contributed by atoms with Crippen molar-refractivity contribution in [2.24, 2.45) is 0 Å². The summed E-state index contributed by atoms with van der Waals surface area (Å²) in [6.07, 6.45) is 3.58. The summed E-state index contributed by atoms with van der Waals surface area (Å²) >= 11 is 1.43. The lowest BCUT2D eigenvalue weighted by molar-refractivity contribution is 0.0605. The summed E-state index contributed by atoms with van der Waals surface area (Å²) in [7, 11) is 1.41. The molecule has 1 aromatic rings. The summed E-state index contributed by atoms with van der Waals surface area (Å²) < 4.78 is 4.78. The molecule has 0 saturated carbocycles. The molecule has 0 fully saturated rings. The maximum atomic E-state index is 11.6. The fraction of sp³-hybridized carbons (Fsp3) is 0.714. The van der Waals surface area contributed by atoms with Crippen molar-refractivity contribution in [2.45, 2.75) is 53.0 Å². The third-order valence-electron chi connectivity index (χ3n) is 3.03. The molecule has 0 aromatic carbocycles. The van der Waals surface area contributed by atoms with Gasteiger partial charge in [-0.25, -0.2) is 9.78 Å². The van der Waals surface area contributed by atoms with Gasteiger partial charge in [-0.05, 0) is 27.2 Å². The van der Waals surface area contributed by atoms with E-state index >= 15 is 0 Å². The average Bonchev–Trinajstić information content (AvgIpc) is 2.75. The van der Waals surface area contributed by atoms with Crippen LogP contribution in [-0.4, -0.2) is 30.6 Å². The molecule has 1 heterocycles. The first-order chi connectivity index (χ1) is 9.01. The lowest BCUT2D eigenvalue weighted by atomic mass is 10.2. The number of ether oxygens (including phenoxy) is 1. The SMILES string of the molecule is CCCCCN(c1nc(C)c(C(=O)OC)s1)C(C)C. The van der Waals surface area contributed by atoms with Gasteiger partial charge in [0.1, 0.15) is 4.88 Å². The van der Waals surface area contributed by atoms with Crippen molar-refractivity contribution in [1.29, 1.82) is 0 Å². The Balaban J connectivity index is 2.88. The largest absolute Gasteiger partial charge is 0.465 e. The van der Waals surface area contributed by atoms with Crippen LogP contribution in [0.2, 0.25) is 0 Å². The Labute approximate surface area is 119 Å². The summed E-state index contributed by atoms with van der Waals surface area (Å²) in [5, 5.41) is 0.920. The van der Waals surface area contributed by atoms with E-state index in [1.54, 1.807) is 0 Å². The molecule has 0 N–H and O–H groups in total. The molecule has 0 atom stereocenters. The maximum Gasteiger partial charge on any atom is 0.350 e. The Kier molecular flexibility index (Phi) is 6.28. The first-order valence-electron chi connectivity index (χ1n) is 6.83. The Morgan fingerprint density at radius 1 is 1.42 bits per heavy atom. The number of anilines is 1. The standard InChI is InChI=1S/C14H24N2O2S/c1-6-7-8-9-16(10(2)3)14-15-11(4)12(19-14)13(17)18-5/h10H,6-9H2,1-5H3. The first-order valence-corrected chi connectivity index (χ1v) is 7.65. The van der Waals surface area contributed by atoms with Gasteiger partial charge in [0.25, 0.3) is 0 Å². The Hall–Kier alpha value is -1.10. The minimum atomic E-state index is -0.293. The molecule has 5 heteroatoms. The van der Waals surface area contributed by atoms with Crippen LogP contribution in [0.15, 0.2) is 0 Å². The molecule has 0 aliphatic carbocycles. The predicted molar refractivity (Wildman–Crippen MR) is 80.2 cm³/mol. The van der Waals surface area contributed by atoms with Gasteiger partial charge in [-0.3, -0.25) is 0 Å². The van der Waals surface area contributed by atoms with E-state index in [4.69, 9.17) is 4.74 Å². The molecule has 0 unspecified atom stereocenters. The summed E-state index contributed by atoms with van der Waals surface area (Å²) in [4.78, 5) is 19.0. The Morgan fingerprint density at radius 2 is 2.11 bits per heavy atom. The van der Waals surface area contributed by atoms with Gasteiger partial charge >= 0.3 is 5.97 Å². The molecule has 4 nitrogen and oxygen atoms in total. The number of nitrogens with zero attached hydrogens (tertiary/aromatic N) is 2. The van der Waals surface area contributed by atoms with Crippen molar-refractivity contribution in [3.63, 3.8) is 0 Å². The molecule has 108 valence electrons. The summed E-state index contributed by atoms with van der Waals surface area (Å²) in [5.41, 5.74) is 0.757. The normalized spacial score (nSPS) is 10.8. The number of thiazole rings is 1. The molecule has 1 rings (SSSR count). The second-order valence-corrected chi connectivity index (χ2v) is 5.87. The maximum absolute atomic E-state index is 11.6. The van der Waals surface area contributed by atoms with E-state index in [1.165, 1.54) is 31.3 Å². The zero-order valence-corrected chi connectivity index (χ0v) is 13.3. The van der Waals surface area contributed by atoms with Gasteiger partial charge in [0.15, 0.2) is 5.13 Å². The summed E-state index contributed by atoms with van der Waals surface area (Å²) in [6, 6.07) is 0.382. The zero-order valence-electron chi connectivity index (χ0n) is 12.5. The van der Waals surface area contributed by atoms with Crippen LogP contribution < -0.4 is 4.90 Å². The van der Waals surface area contributed by atoms with Crippen molar-refractivity contribution in [1.82, 2.24) is 4.98 Å². The van der Waals surface area contributed by atoms with Crippen molar-refractivity contribution >= 4 is 22.4 Å². The molecular weight excluding hydrogens is 260 g/mol. The van der Waals surface area contributed by atoms with Gasteiger partial charge in [-0.2, -0.15) is 0 Å². The van der Waals surface area contributed by atoms with Crippen molar-refractivity contribution in [3.05, 3.63) is 10.6 Å². The Bertz CT molecular complexity index is 416. The Morgan fingerprint density at radius 3 is 2.63 bits per heavy atom. The minimum Gasteiger partial charge on any atom is -0.465 e. The van der Waals surface area contributed by atoms with Crippen LogP contribution in [0.5, 0.6) is 0 Å². The molecule has 19 heavy (non-hydrogen) atoms.